The molecular weight excluding hydrogens is 168 g/mol. The zero-order valence-corrected chi connectivity index (χ0v) is 9.66. The first-order valence-electron chi connectivity index (χ1n) is 5.02. The van der Waals surface area contributed by atoms with Gasteiger partial charge in [0.05, 0.1) is 0 Å². The standard InChI is InChI=1S/C8H12.C6H10/c1-3-5-7-8-6-4-2;1-3-5-6-4-2/h3-5,8H,7H2,1-2H3;3-4,6H,1,5H2,2H3. The molecule has 0 aliphatic heterocycles. The Morgan fingerprint density at radius 1 is 1.00 bits per heavy atom. The molecule has 0 bridgehead atoms. The third kappa shape index (κ3) is 22.4. The molecule has 0 unspecified atom stereocenters. The Bertz CT molecular complexity index is 210. The topological polar surface area (TPSA) is 0 Å². The summed E-state index contributed by atoms with van der Waals surface area (Å²) in [5, 5.41) is 0. The minimum Gasteiger partial charge on any atom is -0.130 e. The van der Waals surface area contributed by atoms with Crippen molar-refractivity contribution in [2.24, 2.45) is 0 Å². The van der Waals surface area contributed by atoms with Crippen molar-refractivity contribution in [2.45, 2.75) is 33.6 Å². The molecule has 0 radical (unpaired) electrons. The SMILES string of the molecule is C=CCC=CC.CC=C=CCC=CC. The highest BCUT2D eigenvalue weighted by Crippen LogP contribution is 1.81. The summed E-state index contributed by atoms with van der Waals surface area (Å²) in [6.07, 6.45) is 16.0. The Kier molecular flexibility index (Phi) is 19.3. The molecular formula is C14H22. The summed E-state index contributed by atoms with van der Waals surface area (Å²) in [6.45, 7) is 9.53. The fourth-order valence-electron chi connectivity index (χ4n) is 0.622. The van der Waals surface area contributed by atoms with Gasteiger partial charge in [-0.2, -0.15) is 0 Å². The van der Waals surface area contributed by atoms with Crippen molar-refractivity contribution in [1.82, 2.24) is 0 Å². The van der Waals surface area contributed by atoms with E-state index in [9.17, 15) is 0 Å². The second-order valence-electron chi connectivity index (χ2n) is 2.56. The van der Waals surface area contributed by atoms with E-state index in [0.717, 1.165) is 12.8 Å². The van der Waals surface area contributed by atoms with Crippen LogP contribution in [-0.2, 0) is 0 Å². The smallest absolute Gasteiger partial charge is 0.00932 e. The Balaban J connectivity index is 0. The second kappa shape index (κ2) is 17.7. The molecule has 0 aliphatic rings. The molecule has 0 saturated heterocycles. The van der Waals surface area contributed by atoms with Crippen LogP contribution in [0.5, 0.6) is 0 Å². The zero-order chi connectivity index (χ0) is 11.1. The van der Waals surface area contributed by atoms with E-state index in [1.54, 1.807) is 0 Å². The average molecular weight is 190 g/mol. The van der Waals surface area contributed by atoms with E-state index < -0.39 is 0 Å². The molecule has 0 saturated carbocycles. The average Bonchev–Trinajstić information content (AvgIpc) is 2.22. The van der Waals surface area contributed by atoms with E-state index in [0.29, 0.717) is 0 Å². The quantitative estimate of drug-likeness (QED) is 0.440. The minimum atomic E-state index is 0.997. The van der Waals surface area contributed by atoms with Crippen molar-refractivity contribution in [2.75, 3.05) is 0 Å². The van der Waals surface area contributed by atoms with Gasteiger partial charge in [-0.15, -0.1) is 12.3 Å². The molecule has 78 valence electrons. The zero-order valence-electron chi connectivity index (χ0n) is 9.66. The Labute approximate surface area is 89.0 Å². The van der Waals surface area contributed by atoms with Crippen molar-refractivity contribution in [3.63, 3.8) is 0 Å². The number of hydrogen-bond acceptors (Lipinski definition) is 0. The Morgan fingerprint density at radius 3 is 1.93 bits per heavy atom. The van der Waals surface area contributed by atoms with Gasteiger partial charge in [0.15, 0.2) is 0 Å². The highest BCUT2D eigenvalue weighted by molar-refractivity contribution is 4.90. The lowest BCUT2D eigenvalue weighted by atomic mass is 10.4. The van der Waals surface area contributed by atoms with E-state index in [4.69, 9.17) is 0 Å². The van der Waals surface area contributed by atoms with Crippen molar-refractivity contribution < 1.29 is 0 Å². The molecule has 0 aromatic rings. The highest BCUT2D eigenvalue weighted by atomic mass is 13.7. The minimum absolute atomic E-state index is 0.997. The highest BCUT2D eigenvalue weighted by Gasteiger charge is 1.61. The van der Waals surface area contributed by atoms with E-state index in [2.05, 4.69) is 24.5 Å². The number of allylic oxidation sites excluding steroid dienone is 6. The van der Waals surface area contributed by atoms with Crippen LogP contribution in [0.15, 0.2) is 54.8 Å². The van der Waals surface area contributed by atoms with Crippen LogP contribution >= 0.6 is 0 Å². The van der Waals surface area contributed by atoms with Gasteiger partial charge in [-0.25, -0.2) is 0 Å². The lowest BCUT2D eigenvalue weighted by Crippen LogP contribution is -1.50. The van der Waals surface area contributed by atoms with E-state index >= 15 is 0 Å². The first kappa shape index (κ1) is 15.2. The molecule has 0 nitrogen and oxygen atoms in total. The van der Waals surface area contributed by atoms with Crippen molar-refractivity contribution in [1.29, 1.82) is 0 Å². The third-order valence-corrected chi connectivity index (χ3v) is 1.31. The van der Waals surface area contributed by atoms with Crippen molar-refractivity contribution >= 4 is 0 Å². The first-order chi connectivity index (χ1) is 6.83. The summed E-state index contributed by atoms with van der Waals surface area (Å²) < 4.78 is 0. The van der Waals surface area contributed by atoms with Crippen LogP contribution < -0.4 is 0 Å². The summed E-state index contributed by atoms with van der Waals surface area (Å²) in [5.41, 5.74) is 2.98. The van der Waals surface area contributed by atoms with Crippen LogP contribution in [0.1, 0.15) is 33.6 Å². The van der Waals surface area contributed by atoms with Crippen molar-refractivity contribution in [3.8, 4) is 0 Å². The van der Waals surface area contributed by atoms with Crippen molar-refractivity contribution in [3.05, 3.63) is 54.8 Å². The second-order valence-corrected chi connectivity index (χ2v) is 2.56. The van der Waals surface area contributed by atoms with Crippen LogP contribution in [0.4, 0.5) is 0 Å². The predicted octanol–water partition coefficient (Wildman–Crippen LogP) is 4.82. The van der Waals surface area contributed by atoms with Gasteiger partial charge >= 0.3 is 0 Å². The molecule has 0 fully saturated rings. The molecule has 0 aromatic heterocycles. The van der Waals surface area contributed by atoms with Gasteiger partial charge in [0, 0.05) is 0 Å². The van der Waals surface area contributed by atoms with Crippen LogP contribution in [-0.4, -0.2) is 0 Å². The number of rotatable bonds is 4. The molecule has 0 aromatic carbocycles. The monoisotopic (exact) mass is 190 g/mol. The predicted molar refractivity (Wildman–Crippen MR) is 67.4 cm³/mol. The summed E-state index contributed by atoms with van der Waals surface area (Å²) in [5.74, 6) is 0. The molecule has 0 heteroatoms. The third-order valence-electron chi connectivity index (χ3n) is 1.31. The Hall–Kier alpha value is -1.26. The lowest BCUT2D eigenvalue weighted by Gasteiger charge is -1.71. The summed E-state index contributed by atoms with van der Waals surface area (Å²) in [6, 6.07) is 0. The van der Waals surface area contributed by atoms with Crippen LogP contribution in [0.2, 0.25) is 0 Å². The van der Waals surface area contributed by atoms with Gasteiger partial charge in [0.2, 0.25) is 0 Å². The summed E-state index contributed by atoms with van der Waals surface area (Å²) in [4.78, 5) is 0. The van der Waals surface area contributed by atoms with Gasteiger partial charge in [-0.1, -0.05) is 30.4 Å². The summed E-state index contributed by atoms with van der Waals surface area (Å²) in [7, 11) is 0. The van der Waals surface area contributed by atoms with Crippen LogP contribution in [0, 0.1) is 0 Å². The molecule has 0 N–H and O–H groups in total. The fourth-order valence-corrected chi connectivity index (χ4v) is 0.622. The molecule has 0 aliphatic carbocycles. The molecule has 0 spiro atoms. The molecule has 14 heavy (non-hydrogen) atoms. The molecule has 0 amide bonds. The van der Waals surface area contributed by atoms with Gasteiger partial charge < -0.3 is 0 Å². The molecule has 0 heterocycles. The molecule has 0 atom stereocenters. The maximum absolute atomic E-state index is 3.55. The van der Waals surface area contributed by atoms with Gasteiger partial charge in [-0.05, 0) is 45.8 Å². The van der Waals surface area contributed by atoms with Gasteiger partial charge in [0.1, 0.15) is 0 Å². The van der Waals surface area contributed by atoms with E-state index in [-0.39, 0.29) is 0 Å². The number of hydrogen-bond donors (Lipinski definition) is 0. The lowest BCUT2D eigenvalue weighted by molar-refractivity contribution is 1.38. The van der Waals surface area contributed by atoms with E-state index in [1.807, 2.05) is 51.2 Å². The van der Waals surface area contributed by atoms with Gasteiger partial charge in [-0.3, -0.25) is 0 Å². The maximum atomic E-state index is 3.55. The largest absolute Gasteiger partial charge is 0.130 e. The summed E-state index contributed by atoms with van der Waals surface area (Å²) >= 11 is 0. The maximum Gasteiger partial charge on any atom is -0.00932 e. The Morgan fingerprint density at radius 2 is 1.57 bits per heavy atom. The van der Waals surface area contributed by atoms with Crippen LogP contribution in [0.25, 0.3) is 0 Å². The van der Waals surface area contributed by atoms with Crippen LogP contribution in [0.3, 0.4) is 0 Å². The van der Waals surface area contributed by atoms with Gasteiger partial charge in [0.25, 0.3) is 0 Å². The normalized spacial score (nSPS) is 9.07. The first-order valence-corrected chi connectivity index (χ1v) is 5.02. The fraction of sp³-hybridized carbons (Fsp3) is 0.357. The molecule has 0 rings (SSSR count). The van der Waals surface area contributed by atoms with E-state index in [1.165, 1.54) is 0 Å².